The maximum absolute atomic E-state index is 12.4. The molecule has 1 aliphatic rings. The summed E-state index contributed by atoms with van der Waals surface area (Å²) >= 11 is 5.87. The van der Waals surface area contributed by atoms with Crippen LogP contribution in [0.25, 0.3) is 0 Å². The Kier molecular flexibility index (Phi) is 5.75. The van der Waals surface area contributed by atoms with Crippen LogP contribution >= 0.6 is 11.6 Å². The van der Waals surface area contributed by atoms with Crippen LogP contribution in [-0.2, 0) is 4.74 Å². The zero-order chi connectivity index (χ0) is 15.2. The van der Waals surface area contributed by atoms with Crippen molar-refractivity contribution in [2.75, 3.05) is 31.7 Å². The molecule has 0 saturated carbocycles. The lowest BCUT2D eigenvalue weighted by molar-refractivity contribution is -0.00554. The third-order valence-corrected chi connectivity index (χ3v) is 3.56. The van der Waals surface area contributed by atoms with E-state index in [9.17, 15) is 4.79 Å². The highest BCUT2D eigenvalue weighted by Gasteiger charge is 2.24. The van der Waals surface area contributed by atoms with Crippen LogP contribution in [0.15, 0.2) is 12.1 Å². The highest BCUT2D eigenvalue weighted by atomic mass is 35.5. The summed E-state index contributed by atoms with van der Waals surface area (Å²) in [6.07, 6.45) is 1.61. The first-order chi connectivity index (χ1) is 10.1. The van der Waals surface area contributed by atoms with Gasteiger partial charge in [-0.25, -0.2) is 10.8 Å². The number of halogens is 1. The zero-order valence-electron chi connectivity index (χ0n) is 11.6. The Hall–Kier alpha value is -1.41. The van der Waals surface area contributed by atoms with Crippen LogP contribution in [0.4, 0.5) is 5.82 Å². The first kappa shape index (κ1) is 16.0. The van der Waals surface area contributed by atoms with E-state index in [1.165, 1.54) is 6.07 Å². The second kappa shape index (κ2) is 7.56. The van der Waals surface area contributed by atoms with E-state index in [-0.39, 0.29) is 23.8 Å². The van der Waals surface area contributed by atoms with Crippen molar-refractivity contribution in [2.24, 2.45) is 5.84 Å². The normalized spacial score (nSPS) is 16.0. The molecule has 2 rings (SSSR count). The number of amides is 1. The van der Waals surface area contributed by atoms with Crippen molar-refractivity contribution in [3.05, 3.63) is 22.8 Å². The maximum atomic E-state index is 12.4. The molecule has 21 heavy (non-hydrogen) atoms. The average molecular weight is 315 g/mol. The molecule has 0 radical (unpaired) electrons. The number of rotatable bonds is 5. The molecule has 1 saturated heterocycles. The van der Waals surface area contributed by atoms with E-state index in [1.807, 2.05) is 0 Å². The predicted molar refractivity (Wildman–Crippen MR) is 79.0 cm³/mol. The van der Waals surface area contributed by atoms with E-state index in [0.717, 1.165) is 12.8 Å². The summed E-state index contributed by atoms with van der Waals surface area (Å²) in [6.45, 7) is 1.58. The highest BCUT2D eigenvalue weighted by Crippen LogP contribution is 2.19. The molecule has 0 aromatic carbocycles. The lowest BCUT2D eigenvalue weighted by Gasteiger charge is -2.32. The number of anilines is 1. The largest absolute Gasteiger partial charge is 0.394 e. The predicted octanol–water partition coefficient (Wildman–Crippen LogP) is 0.634. The van der Waals surface area contributed by atoms with Crippen molar-refractivity contribution < 1.29 is 14.6 Å². The second-order valence-electron chi connectivity index (χ2n) is 4.79. The first-order valence-electron chi connectivity index (χ1n) is 6.80. The second-order valence-corrected chi connectivity index (χ2v) is 5.18. The Labute approximate surface area is 128 Å². The number of hydrazine groups is 1. The molecule has 0 atom stereocenters. The molecule has 0 aliphatic carbocycles. The summed E-state index contributed by atoms with van der Waals surface area (Å²) in [5.41, 5.74) is 2.84. The first-order valence-corrected chi connectivity index (χ1v) is 7.17. The number of hydrogen-bond acceptors (Lipinski definition) is 6. The fourth-order valence-electron chi connectivity index (χ4n) is 2.32. The van der Waals surface area contributed by atoms with E-state index in [1.54, 1.807) is 11.0 Å². The molecule has 1 amide bonds. The molecule has 7 nitrogen and oxygen atoms in total. The van der Waals surface area contributed by atoms with Crippen molar-refractivity contribution in [3.8, 4) is 0 Å². The molecule has 116 valence electrons. The number of aliphatic hydroxyl groups excluding tert-OH is 1. The summed E-state index contributed by atoms with van der Waals surface area (Å²) in [7, 11) is 0. The molecule has 1 aliphatic heterocycles. The Bertz CT molecular complexity index is 492. The summed E-state index contributed by atoms with van der Waals surface area (Å²) in [5, 5.41) is 8.95. The van der Waals surface area contributed by atoms with Crippen molar-refractivity contribution in [1.29, 1.82) is 0 Å². The molecule has 1 aromatic rings. The molecular formula is C13H19ClN4O3. The monoisotopic (exact) mass is 314 g/mol. The molecule has 1 fully saturated rings. The van der Waals surface area contributed by atoms with E-state index < -0.39 is 0 Å². The highest BCUT2D eigenvalue weighted by molar-refractivity contribution is 6.29. The van der Waals surface area contributed by atoms with Crippen LogP contribution in [0.3, 0.4) is 0 Å². The molecule has 4 N–H and O–H groups in total. The van der Waals surface area contributed by atoms with Crippen molar-refractivity contribution in [1.82, 2.24) is 9.88 Å². The Morgan fingerprint density at radius 2 is 2.24 bits per heavy atom. The number of carbonyl (C=O) groups is 1. The zero-order valence-corrected chi connectivity index (χ0v) is 12.3. The summed E-state index contributed by atoms with van der Waals surface area (Å²) in [6, 6.07) is 3.10. The van der Waals surface area contributed by atoms with Crippen LogP contribution in [0.2, 0.25) is 5.15 Å². The van der Waals surface area contributed by atoms with Gasteiger partial charge in [0.1, 0.15) is 11.0 Å². The molecule has 8 heteroatoms. The number of piperidine rings is 1. The fraction of sp³-hybridized carbons (Fsp3) is 0.538. The molecule has 2 heterocycles. The number of nitrogens with two attached hydrogens (primary N) is 1. The molecule has 1 aromatic heterocycles. The average Bonchev–Trinajstić information content (AvgIpc) is 2.52. The van der Waals surface area contributed by atoms with Crippen LogP contribution in [0.5, 0.6) is 0 Å². The van der Waals surface area contributed by atoms with E-state index in [4.69, 9.17) is 27.3 Å². The summed E-state index contributed by atoms with van der Waals surface area (Å²) in [5.74, 6) is 5.55. The number of carbonyl (C=O) groups excluding carboxylic acids is 1. The Morgan fingerprint density at radius 3 is 2.86 bits per heavy atom. The van der Waals surface area contributed by atoms with E-state index in [2.05, 4.69) is 10.4 Å². The molecular weight excluding hydrogens is 296 g/mol. The fourth-order valence-corrected chi connectivity index (χ4v) is 2.53. The summed E-state index contributed by atoms with van der Waals surface area (Å²) in [4.78, 5) is 18.1. The minimum Gasteiger partial charge on any atom is -0.394 e. The number of nitrogens with one attached hydrogen (secondary N) is 1. The van der Waals surface area contributed by atoms with Crippen LogP contribution in [0.1, 0.15) is 23.2 Å². The van der Waals surface area contributed by atoms with Gasteiger partial charge in [-0.15, -0.1) is 0 Å². The topological polar surface area (TPSA) is 101 Å². The van der Waals surface area contributed by atoms with Crippen LogP contribution in [-0.4, -0.2) is 53.3 Å². The van der Waals surface area contributed by atoms with Crippen molar-refractivity contribution >= 4 is 23.3 Å². The van der Waals surface area contributed by atoms with Gasteiger partial charge in [0, 0.05) is 18.7 Å². The number of aromatic nitrogens is 1. The minimum absolute atomic E-state index is 0.0174. The lowest BCUT2D eigenvalue weighted by Crippen LogP contribution is -2.41. The number of ether oxygens (including phenoxy) is 1. The van der Waals surface area contributed by atoms with Gasteiger partial charge in [-0.1, -0.05) is 11.6 Å². The Balaban J connectivity index is 1.97. The van der Waals surface area contributed by atoms with Gasteiger partial charge < -0.3 is 20.2 Å². The quantitative estimate of drug-likeness (QED) is 0.419. The van der Waals surface area contributed by atoms with E-state index >= 15 is 0 Å². The number of aliphatic hydroxyl groups is 1. The Morgan fingerprint density at radius 1 is 1.52 bits per heavy atom. The van der Waals surface area contributed by atoms with Crippen LogP contribution < -0.4 is 11.3 Å². The molecule has 0 unspecified atom stereocenters. The van der Waals surface area contributed by atoms with Gasteiger partial charge in [-0.05, 0) is 25.0 Å². The van der Waals surface area contributed by atoms with Gasteiger partial charge in [-0.2, -0.15) is 0 Å². The van der Waals surface area contributed by atoms with Crippen molar-refractivity contribution in [3.63, 3.8) is 0 Å². The molecule has 0 spiro atoms. The van der Waals surface area contributed by atoms with Crippen molar-refractivity contribution in [2.45, 2.75) is 18.9 Å². The van der Waals surface area contributed by atoms with Gasteiger partial charge in [-0.3, -0.25) is 4.79 Å². The van der Waals surface area contributed by atoms with Crippen LogP contribution in [0, 0.1) is 0 Å². The number of hydrogen-bond donors (Lipinski definition) is 3. The van der Waals surface area contributed by atoms with Gasteiger partial charge in [0.25, 0.3) is 5.91 Å². The van der Waals surface area contributed by atoms with E-state index in [0.29, 0.717) is 31.1 Å². The number of pyridine rings is 1. The van der Waals surface area contributed by atoms with Gasteiger partial charge in [0.2, 0.25) is 0 Å². The summed E-state index contributed by atoms with van der Waals surface area (Å²) < 4.78 is 5.48. The number of nitrogen functional groups attached to an aromatic ring is 1. The third kappa shape index (κ3) is 4.28. The SMILES string of the molecule is NNc1cc(C(=O)N2CCC(OCCO)CC2)cc(Cl)n1. The maximum Gasteiger partial charge on any atom is 0.254 e. The van der Waals surface area contributed by atoms with Gasteiger partial charge in [0.05, 0.1) is 19.3 Å². The number of nitrogens with zero attached hydrogens (tertiary/aromatic N) is 2. The van der Waals surface area contributed by atoms with Gasteiger partial charge >= 0.3 is 0 Å². The number of likely N-dealkylation sites (tertiary alicyclic amines) is 1. The standard InChI is InChI=1S/C13H19ClN4O3/c14-11-7-9(8-12(16-11)17-15)13(20)18-3-1-10(2-4-18)21-6-5-19/h7-8,10,19H,1-6,15H2,(H,16,17). The van der Waals surface area contributed by atoms with Gasteiger partial charge in [0.15, 0.2) is 0 Å². The smallest absolute Gasteiger partial charge is 0.254 e. The lowest BCUT2D eigenvalue weighted by atomic mass is 10.1. The molecule has 0 bridgehead atoms. The minimum atomic E-state index is -0.101. The third-order valence-electron chi connectivity index (χ3n) is 3.36.